The van der Waals surface area contributed by atoms with Gasteiger partial charge in [-0.25, -0.2) is 0 Å². The van der Waals surface area contributed by atoms with Gasteiger partial charge in [0.1, 0.15) is 23.2 Å². The molecule has 4 rings (SSSR count). The van der Waals surface area contributed by atoms with Gasteiger partial charge >= 0.3 is 0 Å². The van der Waals surface area contributed by atoms with E-state index in [4.69, 9.17) is 5.26 Å². The predicted octanol–water partition coefficient (Wildman–Crippen LogP) is 6.11. The van der Waals surface area contributed by atoms with Crippen LogP contribution in [0.5, 0.6) is 0 Å². The van der Waals surface area contributed by atoms with Crippen molar-refractivity contribution in [1.82, 2.24) is 0 Å². The van der Waals surface area contributed by atoms with Crippen LogP contribution in [-0.2, 0) is 6.16 Å². The maximum atomic E-state index is 8.83. The summed E-state index contributed by atoms with van der Waals surface area (Å²) < 4.78 is 0. The smallest absolute Gasteiger partial charge is 0.116 e. The fourth-order valence-electron chi connectivity index (χ4n) is 4.09. The van der Waals surface area contributed by atoms with Crippen molar-refractivity contribution in [2.45, 2.75) is 12.6 Å². The molecule has 1 nitrogen and oxygen atoms in total. The summed E-state index contributed by atoms with van der Waals surface area (Å²) in [5.41, 5.74) is 2.45. The molecule has 150 valence electrons. The van der Waals surface area contributed by atoms with Crippen molar-refractivity contribution < 1.29 is 0 Å². The summed E-state index contributed by atoms with van der Waals surface area (Å²) in [4.78, 5) is 0. The normalized spacial score (nSPS) is 11.3. The van der Waals surface area contributed by atoms with Crippen molar-refractivity contribution in [3.05, 3.63) is 132 Å². The Bertz CT molecular complexity index is 1080. The number of allylic oxidation sites excluding steroid dienone is 1. The lowest BCUT2D eigenvalue weighted by Crippen LogP contribution is -2.32. The maximum absolute atomic E-state index is 8.83. The number of hydrogen-bond donors (Lipinski definition) is 0. The first-order valence-electron chi connectivity index (χ1n) is 10.5. The van der Waals surface area contributed by atoms with Gasteiger partial charge in [0.05, 0.1) is 18.7 Å². The van der Waals surface area contributed by atoms with E-state index in [9.17, 15) is 0 Å². The molecule has 0 N–H and O–H groups in total. The van der Waals surface area contributed by atoms with Gasteiger partial charge in [-0.3, -0.25) is 0 Å². The quantitative estimate of drug-likeness (QED) is 0.332. The summed E-state index contributed by atoms with van der Waals surface area (Å²) in [6.45, 7) is 0. The molecule has 0 aliphatic heterocycles. The molecule has 0 spiro atoms. The zero-order valence-electron chi connectivity index (χ0n) is 17.4. The molecule has 0 bridgehead atoms. The number of rotatable bonds is 7. The molecule has 0 amide bonds. The Morgan fingerprint density at radius 1 is 0.645 bits per heavy atom. The lowest BCUT2D eigenvalue weighted by Gasteiger charge is -2.28. The second-order valence-corrected chi connectivity index (χ2v) is 11.0. The molecule has 4 aromatic carbocycles. The molecule has 0 fully saturated rings. The van der Waals surface area contributed by atoms with Crippen LogP contribution in [0.4, 0.5) is 0 Å². The first-order valence-corrected chi connectivity index (χ1v) is 12.5. The molecule has 0 unspecified atom stereocenters. The van der Waals surface area contributed by atoms with Crippen LogP contribution >= 0.6 is 7.26 Å². The van der Waals surface area contributed by atoms with Crippen molar-refractivity contribution in [2.24, 2.45) is 0 Å². The second kappa shape index (κ2) is 10.0. The molecule has 0 aliphatic carbocycles. The zero-order valence-corrected chi connectivity index (χ0v) is 18.3. The molecule has 0 saturated heterocycles. The van der Waals surface area contributed by atoms with Crippen molar-refractivity contribution >= 4 is 29.3 Å². The van der Waals surface area contributed by atoms with Gasteiger partial charge in [-0.1, -0.05) is 84.9 Å². The van der Waals surface area contributed by atoms with Crippen molar-refractivity contribution in [1.29, 1.82) is 5.26 Å². The fourth-order valence-corrected chi connectivity index (χ4v) is 8.32. The Kier molecular flexibility index (Phi) is 6.73. The molecule has 0 atom stereocenters. The highest BCUT2D eigenvalue weighted by Gasteiger charge is 2.45. The van der Waals surface area contributed by atoms with Crippen LogP contribution < -0.4 is 15.9 Å². The third-order valence-electron chi connectivity index (χ3n) is 5.48. The fraction of sp³-hybridized carbons (Fsp3) is 0.0690. The number of benzene rings is 4. The molecule has 0 aromatic heterocycles. The van der Waals surface area contributed by atoms with Crippen LogP contribution in [0.15, 0.2) is 121 Å². The Labute approximate surface area is 185 Å². The molecule has 0 heterocycles. The van der Waals surface area contributed by atoms with Gasteiger partial charge in [0.2, 0.25) is 0 Å². The lowest BCUT2D eigenvalue weighted by atomic mass is 10.1. The molecule has 0 radical (unpaired) electrons. The SMILES string of the molecule is N#CCC=Cc1cccc(C[P+](c2ccccc2)(c2ccccc2)c2ccccc2)c1. The second-order valence-electron chi connectivity index (χ2n) is 7.48. The summed E-state index contributed by atoms with van der Waals surface area (Å²) in [7, 11) is -1.90. The van der Waals surface area contributed by atoms with E-state index in [0.29, 0.717) is 6.42 Å². The van der Waals surface area contributed by atoms with E-state index in [0.717, 1.165) is 11.7 Å². The monoisotopic (exact) mass is 418 g/mol. The van der Waals surface area contributed by atoms with Gasteiger partial charge in [-0.15, -0.1) is 0 Å². The van der Waals surface area contributed by atoms with E-state index in [1.165, 1.54) is 21.5 Å². The molecule has 31 heavy (non-hydrogen) atoms. The van der Waals surface area contributed by atoms with Gasteiger partial charge in [0.15, 0.2) is 0 Å². The van der Waals surface area contributed by atoms with Crippen LogP contribution in [0.3, 0.4) is 0 Å². The van der Waals surface area contributed by atoms with Gasteiger partial charge < -0.3 is 0 Å². The Balaban J connectivity index is 1.89. The Morgan fingerprint density at radius 2 is 1.16 bits per heavy atom. The average molecular weight is 419 g/mol. The van der Waals surface area contributed by atoms with E-state index < -0.39 is 7.26 Å². The summed E-state index contributed by atoms with van der Waals surface area (Å²) >= 11 is 0. The third kappa shape index (κ3) is 4.66. The minimum absolute atomic E-state index is 0.430. The van der Waals surface area contributed by atoms with Crippen LogP contribution in [0.25, 0.3) is 6.08 Å². The van der Waals surface area contributed by atoms with E-state index in [1.54, 1.807) is 0 Å². The van der Waals surface area contributed by atoms with Crippen molar-refractivity contribution in [2.75, 3.05) is 0 Å². The molecule has 4 aromatic rings. The summed E-state index contributed by atoms with van der Waals surface area (Å²) in [5.74, 6) is 0. The minimum Gasteiger partial charge on any atom is -0.198 e. The van der Waals surface area contributed by atoms with Gasteiger partial charge in [0.25, 0.3) is 0 Å². The van der Waals surface area contributed by atoms with Crippen molar-refractivity contribution in [3.8, 4) is 6.07 Å². The largest absolute Gasteiger partial charge is 0.198 e. The highest BCUT2D eigenvalue weighted by Crippen LogP contribution is 2.58. The van der Waals surface area contributed by atoms with E-state index in [-0.39, 0.29) is 0 Å². The summed E-state index contributed by atoms with van der Waals surface area (Å²) in [5, 5.41) is 13.0. The zero-order chi connectivity index (χ0) is 21.4. The first kappa shape index (κ1) is 20.8. The molecular weight excluding hydrogens is 393 g/mol. The molecule has 0 saturated carbocycles. The summed E-state index contributed by atoms with van der Waals surface area (Å²) in [6.07, 6.45) is 5.34. The highest BCUT2D eigenvalue weighted by molar-refractivity contribution is 7.95. The van der Waals surface area contributed by atoms with Crippen molar-refractivity contribution in [3.63, 3.8) is 0 Å². The lowest BCUT2D eigenvalue weighted by molar-refractivity contribution is 1.35. The molecule has 2 heteroatoms. The average Bonchev–Trinajstić information content (AvgIpc) is 2.85. The predicted molar refractivity (Wildman–Crippen MR) is 135 cm³/mol. The maximum Gasteiger partial charge on any atom is 0.116 e. The Hall–Kier alpha value is -3.46. The highest BCUT2D eigenvalue weighted by atomic mass is 31.2. The van der Waals surface area contributed by atoms with Crippen LogP contribution in [0.2, 0.25) is 0 Å². The van der Waals surface area contributed by atoms with E-state index in [1.807, 2.05) is 12.2 Å². The Morgan fingerprint density at radius 3 is 1.65 bits per heavy atom. The van der Waals surface area contributed by atoms with Gasteiger partial charge in [0, 0.05) is 0 Å². The number of nitriles is 1. The summed E-state index contributed by atoms with van der Waals surface area (Å²) in [6, 6.07) is 43.8. The number of nitrogens with zero attached hydrogens (tertiary/aromatic N) is 1. The molecule has 0 aliphatic rings. The third-order valence-corrected chi connectivity index (χ3v) is 9.86. The van der Waals surface area contributed by atoms with Crippen LogP contribution in [-0.4, -0.2) is 0 Å². The molecular formula is C29H25NP+. The van der Waals surface area contributed by atoms with Gasteiger partial charge in [-0.2, -0.15) is 5.26 Å². The minimum atomic E-state index is -1.90. The van der Waals surface area contributed by atoms with E-state index in [2.05, 4.69) is 121 Å². The number of hydrogen-bond acceptors (Lipinski definition) is 1. The first-order chi connectivity index (χ1) is 15.3. The van der Waals surface area contributed by atoms with Crippen LogP contribution in [0.1, 0.15) is 17.5 Å². The van der Waals surface area contributed by atoms with Gasteiger partial charge in [-0.05, 0) is 53.6 Å². The topological polar surface area (TPSA) is 23.8 Å². The van der Waals surface area contributed by atoms with Crippen LogP contribution in [0, 0.1) is 11.3 Å². The van der Waals surface area contributed by atoms with E-state index >= 15 is 0 Å². The standard InChI is InChI=1S/C29H25NP/c30-22-11-10-13-25-14-12-15-26(23-25)24-31(27-16-4-1-5-17-27,28-18-6-2-7-19-28)29-20-8-3-9-21-29/h1-10,12-21,23H,11,24H2/q+1.